The molecule has 2 rings (SSSR count). The molecule has 1 fully saturated rings. The summed E-state index contributed by atoms with van der Waals surface area (Å²) >= 11 is 0. The second kappa shape index (κ2) is 4.96. The third-order valence-corrected chi connectivity index (χ3v) is 3.83. The molecule has 18 heavy (non-hydrogen) atoms. The van der Waals surface area contributed by atoms with Crippen molar-refractivity contribution in [3.8, 4) is 0 Å². The van der Waals surface area contributed by atoms with Gasteiger partial charge in [0.25, 0.3) is 0 Å². The Hall–Kier alpha value is -1.58. The molecule has 1 unspecified atom stereocenters. The largest absolute Gasteiger partial charge is 0.479 e. The maximum Gasteiger partial charge on any atom is 0.329 e. The van der Waals surface area contributed by atoms with Crippen LogP contribution in [0.2, 0.25) is 0 Å². The molecule has 0 aromatic carbocycles. The smallest absolute Gasteiger partial charge is 0.329 e. The quantitative estimate of drug-likeness (QED) is 0.890. The number of carbonyl (C=O) groups is 1. The average Bonchev–Trinajstić information content (AvgIpc) is 2.75. The number of nitrogens with zero attached hydrogens (tertiary/aromatic N) is 2. The highest BCUT2D eigenvalue weighted by molar-refractivity contribution is 5.85. The fraction of sp³-hybridized carbons (Fsp3) is 0.571. The van der Waals surface area contributed by atoms with Gasteiger partial charge in [0.15, 0.2) is 0 Å². The number of aromatic nitrogens is 1. The van der Waals surface area contributed by atoms with E-state index in [1.165, 1.54) is 0 Å². The molecule has 2 heterocycles. The number of pyridine rings is 1. The van der Waals surface area contributed by atoms with Crippen molar-refractivity contribution >= 4 is 11.7 Å². The van der Waals surface area contributed by atoms with Crippen LogP contribution >= 0.6 is 0 Å². The Labute approximate surface area is 108 Å². The van der Waals surface area contributed by atoms with Crippen molar-refractivity contribution in [1.82, 2.24) is 4.98 Å². The minimum Gasteiger partial charge on any atom is -0.479 e. The van der Waals surface area contributed by atoms with E-state index in [1.807, 2.05) is 19.9 Å². The van der Waals surface area contributed by atoms with E-state index in [2.05, 4.69) is 9.88 Å². The summed E-state index contributed by atoms with van der Waals surface area (Å²) in [5.41, 5.74) is 1.33. The fourth-order valence-electron chi connectivity index (χ4n) is 3.00. The molecule has 1 aromatic rings. The van der Waals surface area contributed by atoms with Crippen LogP contribution in [0.3, 0.4) is 0 Å². The first-order valence-corrected chi connectivity index (χ1v) is 6.53. The lowest BCUT2D eigenvalue weighted by atomic mass is 9.90. The van der Waals surface area contributed by atoms with E-state index < -0.39 is 11.5 Å². The SMILES string of the molecule is CCCC1(C(=O)O)CCCN1c1ccncc1C. The second-order valence-electron chi connectivity index (χ2n) is 5.00. The monoisotopic (exact) mass is 248 g/mol. The average molecular weight is 248 g/mol. The first-order chi connectivity index (χ1) is 8.62. The number of anilines is 1. The van der Waals surface area contributed by atoms with Crippen LogP contribution in [0.1, 0.15) is 38.2 Å². The highest BCUT2D eigenvalue weighted by Crippen LogP contribution is 2.38. The molecule has 0 radical (unpaired) electrons. The summed E-state index contributed by atoms with van der Waals surface area (Å²) in [6.07, 6.45) is 6.79. The van der Waals surface area contributed by atoms with Crippen LogP contribution in [0.5, 0.6) is 0 Å². The molecular weight excluding hydrogens is 228 g/mol. The Morgan fingerprint density at radius 3 is 3.00 bits per heavy atom. The van der Waals surface area contributed by atoms with Gasteiger partial charge >= 0.3 is 5.97 Å². The minimum absolute atomic E-state index is 0.696. The van der Waals surface area contributed by atoms with Crippen molar-refractivity contribution in [2.45, 2.75) is 45.1 Å². The maximum absolute atomic E-state index is 11.8. The number of hydrogen-bond donors (Lipinski definition) is 1. The molecule has 1 aliphatic rings. The molecule has 1 aromatic heterocycles. The Kier molecular flexibility index (Phi) is 3.55. The standard InChI is InChI=1S/C14H20N2O2/c1-3-6-14(13(17)18)7-4-9-16(14)12-5-8-15-10-11(12)2/h5,8,10H,3-4,6-7,9H2,1-2H3,(H,17,18). The molecule has 1 aliphatic heterocycles. The van der Waals surface area contributed by atoms with Crippen LogP contribution in [0.4, 0.5) is 5.69 Å². The normalized spacial score (nSPS) is 23.3. The number of carboxylic acids is 1. The predicted octanol–water partition coefficient (Wildman–Crippen LogP) is 2.61. The zero-order valence-corrected chi connectivity index (χ0v) is 11.0. The molecule has 4 nitrogen and oxygen atoms in total. The van der Waals surface area contributed by atoms with Crippen LogP contribution in [0.15, 0.2) is 18.5 Å². The Morgan fingerprint density at radius 2 is 2.39 bits per heavy atom. The second-order valence-corrected chi connectivity index (χ2v) is 5.00. The molecule has 0 saturated carbocycles. The van der Waals surface area contributed by atoms with Gasteiger partial charge in [-0.05, 0) is 37.8 Å². The molecule has 0 amide bonds. The van der Waals surface area contributed by atoms with Crippen molar-refractivity contribution < 1.29 is 9.90 Å². The highest BCUT2D eigenvalue weighted by atomic mass is 16.4. The number of aliphatic carboxylic acids is 1. The maximum atomic E-state index is 11.8. The van der Waals surface area contributed by atoms with E-state index in [0.717, 1.165) is 37.1 Å². The first-order valence-electron chi connectivity index (χ1n) is 6.53. The zero-order chi connectivity index (χ0) is 13.2. The summed E-state index contributed by atoms with van der Waals surface area (Å²) in [6, 6.07) is 1.92. The van der Waals surface area contributed by atoms with Gasteiger partial charge in [-0.15, -0.1) is 0 Å². The molecule has 1 atom stereocenters. The third-order valence-electron chi connectivity index (χ3n) is 3.83. The van der Waals surface area contributed by atoms with E-state index in [4.69, 9.17) is 0 Å². The predicted molar refractivity (Wildman–Crippen MR) is 70.8 cm³/mol. The van der Waals surface area contributed by atoms with Crippen molar-refractivity contribution in [3.05, 3.63) is 24.0 Å². The molecule has 4 heteroatoms. The Morgan fingerprint density at radius 1 is 1.61 bits per heavy atom. The lowest BCUT2D eigenvalue weighted by molar-refractivity contribution is -0.143. The summed E-state index contributed by atoms with van der Waals surface area (Å²) < 4.78 is 0. The fourth-order valence-corrected chi connectivity index (χ4v) is 3.00. The van der Waals surface area contributed by atoms with Crippen molar-refractivity contribution in [2.24, 2.45) is 0 Å². The number of aryl methyl sites for hydroxylation is 1. The molecule has 0 bridgehead atoms. The Balaban J connectivity index is 2.42. The minimum atomic E-state index is -0.721. The van der Waals surface area contributed by atoms with E-state index in [1.54, 1.807) is 12.4 Å². The van der Waals surface area contributed by atoms with Gasteiger partial charge in [0, 0.05) is 24.6 Å². The van der Waals surface area contributed by atoms with Gasteiger partial charge in [-0.1, -0.05) is 13.3 Å². The van der Waals surface area contributed by atoms with Gasteiger partial charge in [-0.3, -0.25) is 4.98 Å². The number of carboxylic acid groups (broad SMARTS) is 1. The summed E-state index contributed by atoms with van der Waals surface area (Å²) in [5, 5.41) is 9.66. The molecule has 1 N–H and O–H groups in total. The van der Waals surface area contributed by atoms with Crippen LogP contribution in [-0.4, -0.2) is 28.1 Å². The van der Waals surface area contributed by atoms with Crippen LogP contribution in [-0.2, 0) is 4.79 Å². The third kappa shape index (κ3) is 1.96. The molecule has 98 valence electrons. The molecule has 0 spiro atoms. The van der Waals surface area contributed by atoms with Gasteiger partial charge in [-0.25, -0.2) is 4.79 Å². The Bertz CT molecular complexity index is 447. The van der Waals surface area contributed by atoms with Crippen LogP contribution < -0.4 is 4.90 Å². The summed E-state index contributed by atoms with van der Waals surface area (Å²) in [6.45, 7) is 4.84. The topological polar surface area (TPSA) is 53.4 Å². The lowest BCUT2D eigenvalue weighted by Gasteiger charge is -2.37. The lowest BCUT2D eigenvalue weighted by Crippen LogP contribution is -2.51. The van der Waals surface area contributed by atoms with E-state index in [-0.39, 0.29) is 0 Å². The summed E-state index contributed by atoms with van der Waals surface area (Å²) in [4.78, 5) is 17.9. The van der Waals surface area contributed by atoms with Crippen molar-refractivity contribution in [2.75, 3.05) is 11.4 Å². The van der Waals surface area contributed by atoms with Crippen LogP contribution in [0.25, 0.3) is 0 Å². The van der Waals surface area contributed by atoms with Crippen LogP contribution in [0, 0.1) is 6.92 Å². The zero-order valence-electron chi connectivity index (χ0n) is 11.0. The van der Waals surface area contributed by atoms with Gasteiger partial charge < -0.3 is 10.0 Å². The van der Waals surface area contributed by atoms with Crippen molar-refractivity contribution in [1.29, 1.82) is 0 Å². The van der Waals surface area contributed by atoms with Gasteiger partial charge in [-0.2, -0.15) is 0 Å². The van der Waals surface area contributed by atoms with Gasteiger partial charge in [0.05, 0.1) is 0 Å². The van der Waals surface area contributed by atoms with Gasteiger partial charge in [0.2, 0.25) is 0 Å². The number of hydrogen-bond acceptors (Lipinski definition) is 3. The summed E-state index contributed by atoms with van der Waals surface area (Å²) in [7, 11) is 0. The van der Waals surface area contributed by atoms with E-state index in [0.29, 0.717) is 6.42 Å². The molecular formula is C14H20N2O2. The number of rotatable bonds is 4. The van der Waals surface area contributed by atoms with Gasteiger partial charge in [0.1, 0.15) is 5.54 Å². The molecule has 1 saturated heterocycles. The molecule has 0 aliphatic carbocycles. The van der Waals surface area contributed by atoms with Crippen molar-refractivity contribution in [3.63, 3.8) is 0 Å². The summed E-state index contributed by atoms with van der Waals surface area (Å²) in [5.74, 6) is -0.696. The van der Waals surface area contributed by atoms with E-state index >= 15 is 0 Å². The first kappa shape index (κ1) is 12.9. The van der Waals surface area contributed by atoms with E-state index in [9.17, 15) is 9.90 Å². The highest BCUT2D eigenvalue weighted by Gasteiger charge is 2.47.